The molecule has 0 amide bonds. The highest BCUT2D eigenvalue weighted by Gasteiger charge is 2.15. The van der Waals surface area contributed by atoms with Crippen LogP contribution in [0.25, 0.3) is 10.9 Å². The number of halogens is 1. The second-order valence-electron chi connectivity index (χ2n) is 4.58. The van der Waals surface area contributed by atoms with E-state index in [2.05, 4.69) is 10.3 Å². The number of rotatable bonds is 3. The van der Waals surface area contributed by atoms with Crippen LogP contribution in [-0.2, 0) is 0 Å². The number of aromatic amines is 1. The number of Topliss-reactive ketones (excluding diaryl/α,β-unsaturated/α-hetero) is 1. The average molecular weight is 268 g/mol. The molecule has 0 atom stereocenters. The van der Waals surface area contributed by atoms with E-state index in [4.69, 9.17) is 0 Å². The van der Waals surface area contributed by atoms with E-state index in [1.807, 2.05) is 24.3 Å². The van der Waals surface area contributed by atoms with Crippen LogP contribution in [-0.4, -0.2) is 10.8 Å². The lowest BCUT2D eigenvalue weighted by Crippen LogP contribution is -2.00. The highest BCUT2D eigenvalue weighted by atomic mass is 19.1. The van der Waals surface area contributed by atoms with Gasteiger partial charge >= 0.3 is 0 Å². The molecule has 1 aromatic heterocycles. The van der Waals surface area contributed by atoms with Crippen molar-refractivity contribution in [3.8, 4) is 0 Å². The maximum atomic E-state index is 13.7. The summed E-state index contributed by atoms with van der Waals surface area (Å²) in [6.07, 6.45) is 0. The number of fused-ring (bicyclic) bond motifs is 1. The van der Waals surface area contributed by atoms with Crippen LogP contribution in [0.4, 0.5) is 15.9 Å². The summed E-state index contributed by atoms with van der Waals surface area (Å²) in [5.41, 5.74) is 1.72. The molecule has 0 saturated heterocycles. The minimum Gasteiger partial charge on any atom is -0.341 e. The van der Waals surface area contributed by atoms with Crippen molar-refractivity contribution in [2.75, 3.05) is 5.32 Å². The molecule has 1 heterocycles. The highest BCUT2D eigenvalue weighted by molar-refractivity contribution is 6.12. The van der Waals surface area contributed by atoms with Crippen molar-refractivity contribution >= 4 is 28.2 Å². The SMILES string of the molecule is CC(=O)c1c(Nc2ccccc2F)[nH]c2ccccc12. The van der Waals surface area contributed by atoms with Gasteiger partial charge in [-0.15, -0.1) is 0 Å². The molecule has 0 aliphatic rings. The fraction of sp³-hybridized carbons (Fsp3) is 0.0625. The molecule has 3 nitrogen and oxygen atoms in total. The summed E-state index contributed by atoms with van der Waals surface area (Å²) in [5, 5.41) is 3.79. The number of H-pyrrole nitrogens is 1. The van der Waals surface area contributed by atoms with Crippen LogP contribution in [0.3, 0.4) is 0 Å². The van der Waals surface area contributed by atoms with E-state index >= 15 is 0 Å². The van der Waals surface area contributed by atoms with Gasteiger partial charge < -0.3 is 10.3 Å². The van der Waals surface area contributed by atoms with Gasteiger partial charge in [-0.25, -0.2) is 4.39 Å². The van der Waals surface area contributed by atoms with Gasteiger partial charge in [-0.3, -0.25) is 4.79 Å². The standard InChI is InChI=1S/C16H13FN2O/c1-10(20)15-11-6-2-4-8-13(11)18-16(15)19-14-9-5-3-7-12(14)17/h2-9,18-19H,1H3. The van der Waals surface area contributed by atoms with Crippen LogP contribution in [0.15, 0.2) is 48.5 Å². The molecule has 0 radical (unpaired) electrons. The van der Waals surface area contributed by atoms with E-state index in [-0.39, 0.29) is 11.6 Å². The number of carbonyl (C=O) groups excluding carboxylic acids is 1. The Kier molecular flexibility index (Phi) is 2.99. The molecule has 0 spiro atoms. The van der Waals surface area contributed by atoms with Gasteiger partial charge in [0.2, 0.25) is 0 Å². The fourth-order valence-electron chi connectivity index (χ4n) is 2.30. The normalized spacial score (nSPS) is 10.7. The first-order valence-electron chi connectivity index (χ1n) is 6.30. The largest absolute Gasteiger partial charge is 0.341 e. The molecule has 2 aromatic carbocycles. The molecule has 0 fully saturated rings. The molecule has 3 aromatic rings. The van der Waals surface area contributed by atoms with Crippen molar-refractivity contribution in [1.82, 2.24) is 4.98 Å². The predicted octanol–water partition coefficient (Wildman–Crippen LogP) is 4.25. The molecule has 3 rings (SSSR count). The summed E-state index contributed by atoms with van der Waals surface area (Å²) in [6, 6.07) is 13.9. The van der Waals surface area contributed by atoms with Crippen molar-refractivity contribution < 1.29 is 9.18 Å². The van der Waals surface area contributed by atoms with Gasteiger partial charge in [-0.1, -0.05) is 30.3 Å². The minimum absolute atomic E-state index is 0.0683. The maximum absolute atomic E-state index is 13.7. The Morgan fingerprint density at radius 3 is 2.55 bits per heavy atom. The predicted molar refractivity (Wildman–Crippen MR) is 78.0 cm³/mol. The Morgan fingerprint density at radius 2 is 1.80 bits per heavy atom. The number of benzene rings is 2. The second-order valence-corrected chi connectivity index (χ2v) is 4.58. The first-order chi connectivity index (χ1) is 9.66. The van der Waals surface area contributed by atoms with Crippen LogP contribution in [0.2, 0.25) is 0 Å². The minimum atomic E-state index is -0.361. The summed E-state index contributed by atoms with van der Waals surface area (Å²) in [5.74, 6) is 0.0887. The summed E-state index contributed by atoms with van der Waals surface area (Å²) < 4.78 is 13.7. The molecule has 0 unspecified atom stereocenters. The van der Waals surface area contributed by atoms with Crippen molar-refractivity contribution in [2.45, 2.75) is 6.92 Å². The van der Waals surface area contributed by atoms with Crippen molar-refractivity contribution in [3.63, 3.8) is 0 Å². The molecule has 100 valence electrons. The number of nitrogens with one attached hydrogen (secondary N) is 2. The van der Waals surface area contributed by atoms with Crippen molar-refractivity contribution in [2.24, 2.45) is 0 Å². The molecular weight excluding hydrogens is 255 g/mol. The number of anilines is 2. The molecule has 4 heteroatoms. The average Bonchev–Trinajstić information content (AvgIpc) is 2.79. The van der Waals surface area contributed by atoms with E-state index in [0.717, 1.165) is 10.9 Å². The Bertz CT molecular complexity index is 792. The van der Waals surface area contributed by atoms with Gasteiger partial charge in [0, 0.05) is 10.9 Å². The van der Waals surface area contributed by atoms with E-state index in [1.54, 1.807) is 18.2 Å². The Labute approximate surface area is 115 Å². The van der Waals surface area contributed by atoms with Crippen LogP contribution in [0.5, 0.6) is 0 Å². The van der Waals surface area contributed by atoms with Gasteiger partial charge in [0.15, 0.2) is 5.78 Å². The molecule has 0 bridgehead atoms. The summed E-state index contributed by atoms with van der Waals surface area (Å²) in [6.45, 7) is 1.50. The fourth-order valence-corrected chi connectivity index (χ4v) is 2.30. The lowest BCUT2D eigenvalue weighted by molar-refractivity contribution is 0.102. The third-order valence-corrected chi connectivity index (χ3v) is 3.19. The summed E-state index contributed by atoms with van der Waals surface area (Å²) in [7, 11) is 0. The van der Waals surface area contributed by atoms with Crippen LogP contribution >= 0.6 is 0 Å². The van der Waals surface area contributed by atoms with Gasteiger partial charge in [0.1, 0.15) is 11.6 Å². The quantitative estimate of drug-likeness (QED) is 0.697. The number of hydrogen-bond donors (Lipinski definition) is 2. The third-order valence-electron chi connectivity index (χ3n) is 3.19. The monoisotopic (exact) mass is 268 g/mol. The first kappa shape index (κ1) is 12.4. The number of ketones is 1. The molecule has 0 aliphatic heterocycles. The number of carbonyl (C=O) groups is 1. The van der Waals surface area contributed by atoms with E-state index in [1.165, 1.54) is 13.0 Å². The highest BCUT2D eigenvalue weighted by Crippen LogP contribution is 2.29. The number of para-hydroxylation sites is 2. The topological polar surface area (TPSA) is 44.9 Å². The molecule has 0 saturated carbocycles. The zero-order valence-electron chi connectivity index (χ0n) is 10.9. The van der Waals surface area contributed by atoms with Gasteiger partial charge in [0.05, 0.1) is 11.3 Å². The Morgan fingerprint density at radius 1 is 1.10 bits per heavy atom. The Balaban J connectivity index is 2.14. The van der Waals surface area contributed by atoms with Crippen molar-refractivity contribution in [1.29, 1.82) is 0 Å². The Hall–Kier alpha value is -2.62. The zero-order valence-corrected chi connectivity index (χ0v) is 10.9. The summed E-state index contributed by atoms with van der Waals surface area (Å²) >= 11 is 0. The molecular formula is C16H13FN2O. The lowest BCUT2D eigenvalue weighted by Gasteiger charge is -2.07. The van der Waals surface area contributed by atoms with E-state index < -0.39 is 0 Å². The smallest absolute Gasteiger partial charge is 0.164 e. The molecule has 20 heavy (non-hydrogen) atoms. The van der Waals surface area contributed by atoms with Gasteiger partial charge in [-0.05, 0) is 25.1 Å². The molecule has 0 aliphatic carbocycles. The van der Waals surface area contributed by atoms with E-state index in [9.17, 15) is 9.18 Å². The van der Waals surface area contributed by atoms with Crippen LogP contribution in [0.1, 0.15) is 17.3 Å². The second kappa shape index (κ2) is 4.81. The third kappa shape index (κ3) is 2.05. The molecule has 2 N–H and O–H groups in total. The van der Waals surface area contributed by atoms with Crippen LogP contribution < -0.4 is 5.32 Å². The van der Waals surface area contributed by atoms with Crippen molar-refractivity contribution in [3.05, 3.63) is 59.9 Å². The summed E-state index contributed by atoms with van der Waals surface area (Å²) in [4.78, 5) is 15.0. The van der Waals surface area contributed by atoms with Gasteiger partial charge in [-0.2, -0.15) is 0 Å². The number of hydrogen-bond acceptors (Lipinski definition) is 2. The zero-order chi connectivity index (χ0) is 14.1. The van der Waals surface area contributed by atoms with Gasteiger partial charge in [0.25, 0.3) is 0 Å². The lowest BCUT2D eigenvalue weighted by atomic mass is 10.1. The first-order valence-corrected chi connectivity index (χ1v) is 6.30. The number of aromatic nitrogens is 1. The van der Waals surface area contributed by atoms with Crippen LogP contribution in [0, 0.1) is 5.82 Å². The van der Waals surface area contributed by atoms with E-state index in [0.29, 0.717) is 17.1 Å². The maximum Gasteiger partial charge on any atom is 0.164 e.